The Labute approximate surface area is 126 Å². The van der Waals surface area contributed by atoms with Gasteiger partial charge in [0.2, 0.25) is 0 Å². The third-order valence-corrected chi connectivity index (χ3v) is 3.47. The molecule has 1 aromatic carbocycles. The van der Waals surface area contributed by atoms with E-state index in [1.54, 1.807) is 0 Å². The third kappa shape index (κ3) is 4.20. The van der Waals surface area contributed by atoms with Crippen molar-refractivity contribution in [3.05, 3.63) is 51.8 Å². The number of aryl methyl sites for hydroxylation is 3. The first-order chi connectivity index (χ1) is 9.54. The zero-order valence-electron chi connectivity index (χ0n) is 11.6. The Morgan fingerprint density at radius 2 is 2.00 bits per heavy atom. The molecule has 1 heterocycles. The summed E-state index contributed by atoms with van der Waals surface area (Å²) in [6, 6.07) is 9.71. The molecule has 0 saturated heterocycles. The number of nitrogens with zero attached hydrogens (tertiary/aromatic N) is 2. The molecule has 0 saturated carbocycles. The van der Waals surface area contributed by atoms with Gasteiger partial charge in [-0.15, -0.1) is 0 Å². The lowest BCUT2D eigenvalue weighted by molar-refractivity contribution is -0.145. The second-order valence-electron chi connectivity index (χ2n) is 4.69. The van der Waals surface area contributed by atoms with Crippen LogP contribution in [0.15, 0.2) is 34.8 Å². The first kappa shape index (κ1) is 14.8. The number of ether oxygens (including phenoxy) is 1. The van der Waals surface area contributed by atoms with E-state index in [1.165, 1.54) is 0 Å². The summed E-state index contributed by atoms with van der Waals surface area (Å²) in [5, 5.41) is 4.31. The highest BCUT2D eigenvalue weighted by Gasteiger charge is 2.06. The van der Waals surface area contributed by atoms with Gasteiger partial charge >= 0.3 is 5.97 Å². The van der Waals surface area contributed by atoms with Crippen LogP contribution in [0.1, 0.15) is 23.4 Å². The van der Waals surface area contributed by atoms with Crippen LogP contribution >= 0.6 is 15.9 Å². The van der Waals surface area contributed by atoms with Crippen LogP contribution in [0.5, 0.6) is 0 Å². The van der Waals surface area contributed by atoms with Gasteiger partial charge in [0.25, 0.3) is 0 Å². The highest BCUT2D eigenvalue weighted by molar-refractivity contribution is 9.10. The molecule has 0 bridgehead atoms. The molecule has 106 valence electrons. The van der Waals surface area contributed by atoms with E-state index in [2.05, 4.69) is 21.0 Å². The number of halogens is 1. The monoisotopic (exact) mass is 336 g/mol. The van der Waals surface area contributed by atoms with Gasteiger partial charge in [-0.05, 0) is 37.6 Å². The highest BCUT2D eigenvalue weighted by Crippen LogP contribution is 2.11. The molecule has 0 spiro atoms. The molecule has 0 radical (unpaired) electrons. The zero-order valence-corrected chi connectivity index (χ0v) is 13.2. The number of benzene rings is 1. The Morgan fingerprint density at radius 3 is 2.60 bits per heavy atom. The number of rotatable bonds is 5. The van der Waals surface area contributed by atoms with Gasteiger partial charge in [0, 0.05) is 10.2 Å². The average Bonchev–Trinajstić information content (AvgIpc) is 2.74. The van der Waals surface area contributed by atoms with Crippen molar-refractivity contribution in [3.8, 4) is 0 Å². The standard InChI is InChI=1S/C15H17BrN2O2/c1-11-9-12(2)18(17-11)8-7-15(19)20-10-13-3-5-14(16)6-4-13/h3-6,9H,7-8,10H2,1-2H3. The van der Waals surface area contributed by atoms with Crippen LogP contribution < -0.4 is 0 Å². The maximum Gasteiger partial charge on any atom is 0.308 e. The smallest absolute Gasteiger partial charge is 0.308 e. The van der Waals surface area contributed by atoms with Gasteiger partial charge in [-0.25, -0.2) is 0 Å². The molecule has 0 N–H and O–H groups in total. The van der Waals surface area contributed by atoms with Crippen LogP contribution in [-0.2, 0) is 22.7 Å². The van der Waals surface area contributed by atoms with Crippen molar-refractivity contribution in [2.75, 3.05) is 0 Å². The van der Waals surface area contributed by atoms with Crippen molar-refractivity contribution in [1.82, 2.24) is 9.78 Å². The Kier molecular flexibility index (Phi) is 4.95. The Morgan fingerprint density at radius 1 is 1.30 bits per heavy atom. The summed E-state index contributed by atoms with van der Waals surface area (Å²) in [5.74, 6) is -0.208. The predicted molar refractivity (Wildman–Crippen MR) is 80.3 cm³/mol. The fourth-order valence-corrected chi connectivity index (χ4v) is 2.18. The topological polar surface area (TPSA) is 44.1 Å². The van der Waals surface area contributed by atoms with Crippen LogP contribution in [0.2, 0.25) is 0 Å². The van der Waals surface area contributed by atoms with Crippen molar-refractivity contribution in [2.24, 2.45) is 0 Å². The van der Waals surface area contributed by atoms with Crippen LogP contribution in [0.25, 0.3) is 0 Å². The lowest BCUT2D eigenvalue weighted by Crippen LogP contribution is -2.11. The first-order valence-corrected chi connectivity index (χ1v) is 7.25. The second kappa shape index (κ2) is 6.70. The molecule has 0 fully saturated rings. The van der Waals surface area contributed by atoms with Gasteiger partial charge in [0.1, 0.15) is 6.61 Å². The summed E-state index contributed by atoms with van der Waals surface area (Å²) in [7, 11) is 0. The number of carbonyl (C=O) groups is 1. The molecule has 0 unspecified atom stereocenters. The zero-order chi connectivity index (χ0) is 14.5. The highest BCUT2D eigenvalue weighted by atomic mass is 79.9. The molecule has 0 aliphatic rings. The van der Waals surface area contributed by atoms with E-state index in [-0.39, 0.29) is 5.97 Å². The number of hydrogen-bond donors (Lipinski definition) is 0. The minimum absolute atomic E-state index is 0.208. The summed E-state index contributed by atoms with van der Waals surface area (Å²) in [4.78, 5) is 11.7. The lowest BCUT2D eigenvalue weighted by atomic mass is 10.2. The van der Waals surface area contributed by atoms with Crippen LogP contribution in [-0.4, -0.2) is 15.7 Å². The molecule has 1 aromatic heterocycles. The Bertz CT molecular complexity index is 590. The van der Waals surface area contributed by atoms with E-state index in [9.17, 15) is 4.79 Å². The van der Waals surface area contributed by atoms with Gasteiger partial charge in [0.15, 0.2) is 0 Å². The normalized spacial score (nSPS) is 10.6. The molecular weight excluding hydrogens is 320 g/mol. The maximum absolute atomic E-state index is 11.7. The van der Waals surface area contributed by atoms with E-state index in [0.717, 1.165) is 21.4 Å². The lowest BCUT2D eigenvalue weighted by Gasteiger charge is -2.06. The maximum atomic E-state index is 11.7. The molecular formula is C15H17BrN2O2. The third-order valence-electron chi connectivity index (χ3n) is 2.94. The summed E-state index contributed by atoms with van der Waals surface area (Å²) >= 11 is 3.37. The fourth-order valence-electron chi connectivity index (χ4n) is 1.92. The molecule has 0 aliphatic carbocycles. The number of esters is 1. The Hall–Kier alpha value is -1.62. The average molecular weight is 337 g/mol. The Balaban J connectivity index is 1.78. The van der Waals surface area contributed by atoms with Gasteiger partial charge in [0.05, 0.1) is 18.7 Å². The van der Waals surface area contributed by atoms with Gasteiger partial charge < -0.3 is 4.74 Å². The summed E-state index contributed by atoms with van der Waals surface area (Å²) in [6.07, 6.45) is 0.332. The molecule has 2 rings (SSSR count). The quantitative estimate of drug-likeness (QED) is 0.786. The van der Waals surface area contributed by atoms with Crippen LogP contribution in [0.3, 0.4) is 0 Å². The van der Waals surface area contributed by atoms with Crippen molar-refractivity contribution < 1.29 is 9.53 Å². The van der Waals surface area contributed by atoms with E-state index in [1.807, 2.05) is 48.9 Å². The second-order valence-corrected chi connectivity index (χ2v) is 5.60. The molecule has 2 aromatic rings. The fraction of sp³-hybridized carbons (Fsp3) is 0.333. The van der Waals surface area contributed by atoms with Crippen molar-refractivity contribution in [3.63, 3.8) is 0 Å². The van der Waals surface area contributed by atoms with Gasteiger partial charge in [-0.1, -0.05) is 28.1 Å². The summed E-state index contributed by atoms with van der Waals surface area (Å²) in [5.41, 5.74) is 3.00. The minimum Gasteiger partial charge on any atom is -0.461 e. The molecule has 5 heteroatoms. The SMILES string of the molecule is Cc1cc(C)n(CCC(=O)OCc2ccc(Br)cc2)n1. The van der Waals surface area contributed by atoms with Crippen molar-refractivity contribution >= 4 is 21.9 Å². The number of hydrogen-bond acceptors (Lipinski definition) is 3. The largest absolute Gasteiger partial charge is 0.461 e. The molecule has 20 heavy (non-hydrogen) atoms. The minimum atomic E-state index is -0.208. The van der Waals surface area contributed by atoms with E-state index in [0.29, 0.717) is 19.6 Å². The van der Waals surface area contributed by atoms with Crippen LogP contribution in [0, 0.1) is 13.8 Å². The summed E-state index contributed by atoms with van der Waals surface area (Å²) < 4.78 is 8.08. The van der Waals surface area contributed by atoms with E-state index in [4.69, 9.17) is 4.74 Å². The molecule has 0 aliphatic heterocycles. The number of carbonyl (C=O) groups excluding carboxylic acids is 1. The first-order valence-electron chi connectivity index (χ1n) is 6.46. The van der Waals surface area contributed by atoms with Gasteiger partial charge in [-0.3, -0.25) is 9.48 Å². The van der Waals surface area contributed by atoms with Crippen molar-refractivity contribution in [1.29, 1.82) is 0 Å². The van der Waals surface area contributed by atoms with Crippen LogP contribution in [0.4, 0.5) is 0 Å². The molecule has 0 amide bonds. The van der Waals surface area contributed by atoms with E-state index >= 15 is 0 Å². The predicted octanol–water partition coefficient (Wildman–Crippen LogP) is 3.40. The van der Waals surface area contributed by atoms with Crippen molar-refractivity contribution in [2.45, 2.75) is 33.4 Å². The molecule has 0 atom stereocenters. The summed E-state index contributed by atoms with van der Waals surface area (Å²) in [6.45, 7) is 4.78. The molecule has 4 nitrogen and oxygen atoms in total. The van der Waals surface area contributed by atoms with Gasteiger partial charge in [-0.2, -0.15) is 5.10 Å². The number of aromatic nitrogens is 2. The van der Waals surface area contributed by atoms with E-state index < -0.39 is 0 Å².